The van der Waals surface area contributed by atoms with Crippen molar-refractivity contribution in [2.45, 2.75) is 26.3 Å². The van der Waals surface area contributed by atoms with Gasteiger partial charge in [0.25, 0.3) is 11.5 Å². The average Bonchev–Trinajstić information content (AvgIpc) is 3.18. The summed E-state index contributed by atoms with van der Waals surface area (Å²) in [5.41, 5.74) is 8.74. The molecule has 0 aliphatic heterocycles. The molecule has 0 bridgehead atoms. The van der Waals surface area contributed by atoms with Gasteiger partial charge in [0.15, 0.2) is 5.65 Å². The van der Waals surface area contributed by atoms with Crippen molar-refractivity contribution < 1.29 is 4.79 Å². The van der Waals surface area contributed by atoms with Crippen LogP contribution in [0.15, 0.2) is 71.8 Å². The third kappa shape index (κ3) is 3.47. The molecule has 34 heavy (non-hydrogen) atoms. The molecule has 5 aromatic rings. The Hall–Kier alpha value is -4.53. The van der Waals surface area contributed by atoms with Crippen LogP contribution in [0.4, 0.5) is 5.69 Å². The van der Waals surface area contributed by atoms with Crippen molar-refractivity contribution >= 4 is 28.1 Å². The lowest BCUT2D eigenvalue weighted by Gasteiger charge is -2.22. The number of nitrogens with two attached hydrogens (primary N) is 1. The fraction of sp³-hybridized carbons (Fsp3) is 0.160. The summed E-state index contributed by atoms with van der Waals surface area (Å²) < 4.78 is 3.09. The van der Waals surface area contributed by atoms with Gasteiger partial charge in [0.05, 0.1) is 28.3 Å². The van der Waals surface area contributed by atoms with Crippen molar-refractivity contribution in [2.24, 2.45) is 0 Å². The highest BCUT2D eigenvalue weighted by Crippen LogP contribution is 2.24. The van der Waals surface area contributed by atoms with Gasteiger partial charge >= 0.3 is 0 Å². The molecular weight excluding hydrogens is 430 g/mol. The molecule has 1 amide bonds. The largest absolute Gasteiger partial charge is 0.398 e. The van der Waals surface area contributed by atoms with Crippen LogP contribution >= 0.6 is 0 Å². The SMILES string of the molecule is CC[C@@H](NC(=O)c1c(C)nn2cccnc12)c1nc2cccc(N)c2c(=O)n1-c1ccccc1. The first kappa shape index (κ1) is 21.3. The maximum atomic E-state index is 13.6. The number of carbonyl (C=O) groups is 1. The normalized spacial score (nSPS) is 12.2. The summed E-state index contributed by atoms with van der Waals surface area (Å²) in [6.07, 6.45) is 3.86. The monoisotopic (exact) mass is 453 g/mol. The molecule has 170 valence electrons. The second-order valence-corrected chi connectivity index (χ2v) is 7.97. The molecule has 1 atom stereocenters. The van der Waals surface area contributed by atoms with E-state index in [-0.39, 0.29) is 11.5 Å². The Labute approximate surface area is 194 Å². The molecule has 0 fully saturated rings. The van der Waals surface area contributed by atoms with Crippen LogP contribution in [0.2, 0.25) is 0 Å². The fourth-order valence-electron chi connectivity index (χ4n) is 4.18. The van der Waals surface area contributed by atoms with Gasteiger partial charge in [-0.05, 0) is 43.7 Å². The van der Waals surface area contributed by atoms with Gasteiger partial charge in [-0.25, -0.2) is 14.5 Å². The summed E-state index contributed by atoms with van der Waals surface area (Å²) in [6.45, 7) is 3.69. The van der Waals surface area contributed by atoms with E-state index in [2.05, 4.69) is 15.4 Å². The number of nitrogens with one attached hydrogen (secondary N) is 1. The van der Waals surface area contributed by atoms with Crippen LogP contribution < -0.4 is 16.6 Å². The molecule has 3 N–H and O–H groups in total. The van der Waals surface area contributed by atoms with Crippen LogP contribution in [0.1, 0.15) is 41.3 Å². The van der Waals surface area contributed by atoms with E-state index in [9.17, 15) is 9.59 Å². The zero-order valence-electron chi connectivity index (χ0n) is 18.8. The first-order valence-corrected chi connectivity index (χ1v) is 11.0. The molecule has 9 nitrogen and oxygen atoms in total. The maximum absolute atomic E-state index is 13.6. The number of amides is 1. The highest BCUT2D eigenvalue weighted by atomic mass is 16.2. The van der Waals surface area contributed by atoms with E-state index in [4.69, 9.17) is 10.7 Å². The summed E-state index contributed by atoms with van der Waals surface area (Å²) in [7, 11) is 0. The molecule has 0 spiro atoms. The number of hydrogen-bond donors (Lipinski definition) is 2. The fourth-order valence-corrected chi connectivity index (χ4v) is 4.18. The summed E-state index contributed by atoms with van der Waals surface area (Å²) in [5, 5.41) is 7.77. The van der Waals surface area contributed by atoms with Crippen molar-refractivity contribution in [1.29, 1.82) is 0 Å². The zero-order valence-corrected chi connectivity index (χ0v) is 18.8. The molecule has 0 saturated heterocycles. The van der Waals surface area contributed by atoms with Crippen molar-refractivity contribution in [1.82, 2.24) is 29.5 Å². The molecule has 0 aliphatic carbocycles. The molecule has 0 aliphatic rings. The number of fused-ring (bicyclic) bond motifs is 2. The molecule has 9 heteroatoms. The highest BCUT2D eigenvalue weighted by Gasteiger charge is 2.25. The summed E-state index contributed by atoms with van der Waals surface area (Å²) in [6, 6.07) is 15.6. The number of aryl methyl sites for hydroxylation is 1. The number of carbonyl (C=O) groups excluding carboxylic acids is 1. The lowest BCUT2D eigenvalue weighted by atomic mass is 10.1. The number of rotatable bonds is 5. The third-order valence-corrected chi connectivity index (χ3v) is 5.79. The molecule has 3 heterocycles. The van der Waals surface area contributed by atoms with E-state index >= 15 is 0 Å². The number of nitrogen functional groups attached to an aromatic ring is 1. The molecular formula is C25H23N7O2. The number of para-hydroxylation sites is 1. The van der Waals surface area contributed by atoms with Gasteiger partial charge in [0.2, 0.25) is 0 Å². The van der Waals surface area contributed by atoms with Crippen LogP contribution in [0.5, 0.6) is 0 Å². The van der Waals surface area contributed by atoms with Crippen molar-refractivity contribution in [3.63, 3.8) is 0 Å². The van der Waals surface area contributed by atoms with Crippen LogP contribution in [-0.2, 0) is 0 Å². The molecule has 0 saturated carbocycles. The van der Waals surface area contributed by atoms with Crippen LogP contribution in [0.25, 0.3) is 22.2 Å². The minimum Gasteiger partial charge on any atom is -0.398 e. The number of benzene rings is 2. The summed E-state index contributed by atoms with van der Waals surface area (Å²) >= 11 is 0. The number of anilines is 1. The Bertz CT molecular complexity index is 1590. The van der Waals surface area contributed by atoms with Gasteiger partial charge < -0.3 is 11.1 Å². The van der Waals surface area contributed by atoms with E-state index in [1.54, 1.807) is 48.1 Å². The third-order valence-electron chi connectivity index (χ3n) is 5.79. The molecule has 0 unspecified atom stereocenters. The molecule has 2 aromatic carbocycles. The lowest BCUT2D eigenvalue weighted by molar-refractivity contribution is 0.0934. The van der Waals surface area contributed by atoms with E-state index in [1.807, 2.05) is 37.3 Å². The molecule has 3 aromatic heterocycles. The Morgan fingerprint density at radius 1 is 1.12 bits per heavy atom. The minimum absolute atomic E-state index is 0.286. The smallest absolute Gasteiger partial charge is 0.268 e. The standard InChI is InChI=1S/C25H23N7O2/c1-3-18(29-24(33)20-15(2)30-31-14-8-13-27-23(20)31)22-28-19-12-7-11-17(26)21(19)25(34)32(22)16-9-5-4-6-10-16/h4-14,18H,3,26H2,1-2H3,(H,29,33)/t18-/m1/s1. The van der Waals surface area contributed by atoms with Gasteiger partial charge in [-0.3, -0.25) is 14.2 Å². The Morgan fingerprint density at radius 2 is 1.91 bits per heavy atom. The average molecular weight is 454 g/mol. The lowest BCUT2D eigenvalue weighted by Crippen LogP contribution is -2.34. The predicted octanol–water partition coefficient (Wildman–Crippen LogP) is 3.20. The highest BCUT2D eigenvalue weighted by molar-refractivity contribution is 6.01. The van der Waals surface area contributed by atoms with E-state index < -0.39 is 6.04 Å². The Morgan fingerprint density at radius 3 is 2.68 bits per heavy atom. The number of hydrogen-bond acceptors (Lipinski definition) is 6. The Balaban J connectivity index is 1.67. The first-order valence-electron chi connectivity index (χ1n) is 11.0. The van der Waals surface area contributed by atoms with Crippen LogP contribution in [0, 0.1) is 6.92 Å². The first-order chi connectivity index (χ1) is 16.5. The molecule has 5 rings (SSSR count). The van der Waals surface area contributed by atoms with E-state index in [1.165, 1.54) is 4.57 Å². The van der Waals surface area contributed by atoms with Crippen LogP contribution in [-0.4, -0.2) is 30.1 Å². The van der Waals surface area contributed by atoms with Gasteiger partial charge in [0, 0.05) is 18.1 Å². The summed E-state index contributed by atoms with van der Waals surface area (Å²) in [5.74, 6) is 0.0896. The van der Waals surface area contributed by atoms with Crippen LogP contribution in [0.3, 0.4) is 0 Å². The van der Waals surface area contributed by atoms with Crippen molar-refractivity contribution in [3.8, 4) is 5.69 Å². The second-order valence-electron chi connectivity index (χ2n) is 7.97. The second kappa shape index (κ2) is 8.43. The van der Waals surface area contributed by atoms with Crippen molar-refractivity contribution in [3.05, 3.63) is 94.4 Å². The van der Waals surface area contributed by atoms with E-state index in [0.29, 0.717) is 51.4 Å². The topological polar surface area (TPSA) is 120 Å². The van der Waals surface area contributed by atoms with Gasteiger partial charge in [-0.1, -0.05) is 31.2 Å². The number of nitrogens with zero attached hydrogens (tertiary/aromatic N) is 5. The minimum atomic E-state index is -0.552. The molecule has 0 radical (unpaired) electrons. The zero-order chi connectivity index (χ0) is 23.8. The summed E-state index contributed by atoms with van der Waals surface area (Å²) in [4.78, 5) is 36.1. The predicted molar refractivity (Wildman–Crippen MR) is 130 cm³/mol. The number of aromatic nitrogens is 5. The Kier molecular flexibility index (Phi) is 5.29. The van der Waals surface area contributed by atoms with Gasteiger partial charge in [-0.2, -0.15) is 5.10 Å². The van der Waals surface area contributed by atoms with Gasteiger partial charge in [0.1, 0.15) is 11.4 Å². The van der Waals surface area contributed by atoms with Gasteiger partial charge in [-0.15, -0.1) is 0 Å². The van der Waals surface area contributed by atoms with Crippen molar-refractivity contribution in [2.75, 3.05) is 5.73 Å². The quantitative estimate of drug-likeness (QED) is 0.394. The maximum Gasteiger partial charge on any atom is 0.268 e. The van der Waals surface area contributed by atoms with E-state index in [0.717, 1.165) is 0 Å².